The third-order valence-electron chi connectivity index (χ3n) is 3.81. The highest BCUT2D eigenvalue weighted by atomic mass is 35.5. The molecule has 7 heteroatoms. The van der Waals surface area contributed by atoms with Crippen molar-refractivity contribution >= 4 is 29.7 Å². The third-order valence-corrected chi connectivity index (χ3v) is 3.81. The Labute approximate surface area is 144 Å². The van der Waals surface area contributed by atoms with Crippen LogP contribution in [0.4, 0.5) is 20.2 Å². The van der Waals surface area contributed by atoms with E-state index in [2.05, 4.69) is 0 Å². The highest BCUT2D eigenvalue weighted by Gasteiger charge is 2.22. The zero-order valence-electron chi connectivity index (χ0n) is 12.8. The molecule has 4 nitrogen and oxygen atoms in total. The summed E-state index contributed by atoms with van der Waals surface area (Å²) in [6.45, 7) is 0.406. The number of carbonyl (C=O) groups excluding carboxylic acids is 1. The van der Waals surface area contributed by atoms with Crippen molar-refractivity contribution in [2.75, 3.05) is 17.2 Å². The first-order chi connectivity index (χ1) is 11.1. The summed E-state index contributed by atoms with van der Waals surface area (Å²) in [6.07, 6.45) is 1.36. The van der Waals surface area contributed by atoms with Gasteiger partial charge in [0.2, 0.25) is 5.91 Å². The molecule has 128 valence electrons. The standard InChI is InChI=1S/C17H16F2N2O2.ClH/c18-13-3-1-4-14(19)12(13)10-23-16-7-6-11(9-15(16)20)21-8-2-5-17(21)22;/h1,3-4,6-7,9H,2,5,8,10,20H2;1H. The molecule has 1 amide bonds. The predicted octanol–water partition coefficient (Wildman–Crippen LogP) is 3.67. The van der Waals surface area contributed by atoms with E-state index in [1.54, 1.807) is 23.1 Å². The first-order valence-corrected chi connectivity index (χ1v) is 7.32. The van der Waals surface area contributed by atoms with Crippen LogP contribution < -0.4 is 15.4 Å². The van der Waals surface area contributed by atoms with E-state index < -0.39 is 11.6 Å². The molecule has 1 aliphatic heterocycles. The van der Waals surface area contributed by atoms with E-state index >= 15 is 0 Å². The number of hydrogen-bond donors (Lipinski definition) is 1. The molecular weight excluding hydrogens is 338 g/mol. The summed E-state index contributed by atoms with van der Waals surface area (Å²) < 4.78 is 32.6. The van der Waals surface area contributed by atoms with E-state index in [0.717, 1.165) is 6.42 Å². The molecule has 1 heterocycles. The van der Waals surface area contributed by atoms with Crippen LogP contribution in [0.3, 0.4) is 0 Å². The molecule has 1 aliphatic rings. The second-order valence-corrected chi connectivity index (χ2v) is 5.36. The minimum absolute atomic E-state index is 0. The summed E-state index contributed by atoms with van der Waals surface area (Å²) in [7, 11) is 0. The minimum Gasteiger partial charge on any atom is -0.487 e. The van der Waals surface area contributed by atoms with Crippen molar-refractivity contribution in [1.82, 2.24) is 0 Å². The Bertz CT molecular complexity index is 735. The number of carbonyl (C=O) groups is 1. The van der Waals surface area contributed by atoms with Gasteiger partial charge in [0.15, 0.2) is 0 Å². The van der Waals surface area contributed by atoms with Crippen molar-refractivity contribution in [2.24, 2.45) is 0 Å². The highest BCUT2D eigenvalue weighted by Crippen LogP contribution is 2.30. The predicted molar refractivity (Wildman–Crippen MR) is 90.4 cm³/mol. The van der Waals surface area contributed by atoms with E-state index in [4.69, 9.17) is 10.5 Å². The van der Waals surface area contributed by atoms with Crippen molar-refractivity contribution in [1.29, 1.82) is 0 Å². The molecule has 0 radical (unpaired) electrons. The van der Waals surface area contributed by atoms with E-state index in [1.165, 1.54) is 18.2 Å². The van der Waals surface area contributed by atoms with Gasteiger partial charge in [-0.05, 0) is 36.8 Å². The highest BCUT2D eigenvalue weighted by molar-refractivity contribution is 5.95. The van der Waals surface area contributed by atoms with Gasteiger partial charge < -0.3 is 15.4 Å². The third kappa shape index (κ3) is 3.59. The van der Waals surface area contributed by atoms with Gasteiger partial charge in [0.05, 0.1) is 11.3 Å². The summed E-state index contributed by atoms with van der Waals surface area (Å²) in [4.78, 5) is 13.4. The van der Waals surface area contributed by atoms with Gasteiger partial charge >= 0.3 is 0 Å². The average molecular weight is 355 g/mol. The second kappa shape index (κ2) is 7.49. The van der Waals surface area contributed by atoms with Crippen molar-refractivity contribution in [3.8, 4) is 5.75 Å². The van der Waals surface area contributed by atoms with Gasteiger partial charge in [-0.25, -0.2) is 8.78 Å². The Hall–Kier alpha value is -2.34. The molecule has 0 spiro atoms. The number of amides is 1. The van der Waals surface area contributed by atoms with Gasteiger partial charge in [-0.2, -0.15) is 0 Å². The summed E-state index contributed by atoms with van der Waals surface area (Å²) in [5.74, 6) is -0.944. The van der Waals surface area contributed by atoms with Gasteiger partial charge in [-0.15, -0.1) is 12.4 Å². The van der Waals surface area contributed by atoms with Gasteiger partial charge in [0.1, 0.15) is 24.0 Å². The monoisotopic (exact) mass is 354 g/mol. The zero-order chi connectivity index (χ0) is 16.4. The fourth-order valence-corrected chi connectivity index (χ4v) is 2.58. The molecular formula is C17H17ClF2N2O2. The minimum atomic E-state index is -0.664. The summed E-state index contributed by atoms with van der Waals surface area (Å²) in [5, 5.41) is 0. The lowest BCUT2D eigenvalue weighted by atomic mass is 10.2. The first-order valence-electron chi connectivity index (χ1n) is 7.32. The molecule has 2 N–H and O–H groups in total. The largest absolute Gasteiger partial charge is 0.487 e. The SMILES string of the molecule is Cl.Nc1cc(N2CCCC2=O)ccc1OCc1c(F)cccc1F. The second-order valence-electron chi connectivity index (χ2n) is 5.36. The van der Waals surface area contributed by atoms with E-state index in [9.17, 15) is 13.6 Å². The Balaban J connectivity index is 0.00000208. The molecule has 24 heavy (non-hydrogen) atoms. The lowest BCUT2D eigenvalue weighted by molar-refractivity contribution is -0.117. The molecule has 0 aromatic heterocycles. The van der Waals surface area contributed by atoms with Crippen LogP contribution in [0, 0.1) is 11.6 Å². The fraction of sp³-hybridized carbons (Fsp3) is 0.235. The van der Waals surface area contributed by atoms with Crippen LogP contribution >= 0.6 is 12.4 Å². The number of nitrogen functional groups attached to an aromatic ring is 1. The Kier molecular flexibility index (Phi) is 5.62. The number of anilines is 2. The summed E-state index contributed by atoms with van der Waals surface area (Å²) >= 11 is 0. The maximum atomic E-state index is 13.6. The number of nitrogens with zero attached hydrogens (tertiary/aromatic N) is 1. The molecule has 0 saturated carbocycles. The summed E-state index contributed by atoms with van der Waals surface area (Å²) in [6, 6.07) is 8.60. The molecule has 1 saturated heterocycles. The molecule has 2 aromatic rings. The van der Waals surface area contributed by atoms with Gasteiger partial charge in [0, 0.05) is 18.7 Å². The van der Waals surface area contributed by atoms with Crippen molar-refractivity contribution in [2.45, 2.75) is 19.4 Å². The van der Waals surface area contributed by atoms with Crippen molar-refractivity contribution in [3.05, 3.63) is 53.6 Å². The Morgan fingerprint density at radius 1 is 1.17 bits per heavy atom. The van der Waals surface area contributed by atoms with Crippen LogP contribution in [0.5, 0.6) is 5.75 Å². The Morgan fingerprint density at radius 2 is 1.88 bits per heavy atom. The van der Waals surface area contributed by atoms with E-state index in [-0.39, 0.29) is 30.5 Å². The average Bonchev–Trinajstić information content (AvgIpc) is 2.94. The Morgan fingerprint density at radius 3 is 2.46 bits per heavy atom. The topological polar surface area (TPSA) is 55.6 Å². The maximum absolute atomic E-state index is 13.6. The lowest BCUT2D eigenvalue weighted by Crippen LogP contribution is -2.23. The number of ether oxygens (including phenoxy) is 1. The number of nitrogens with two attached hydrogens (primary N) is 1. The van der Waals surface area contributed by atoms with Crippen LogP contribution in [0.1, 0.15) is 18.4 Å². The lowest BCUT2D eigenvalue weighted by Gasteiger charge is -2.17. The molecule has 2 aromatic carbocycles. The molecule has 0 bridgehead atoms. The zero-order valence-corrected chi connectivity index (χ0v) is 13.6. The van der Waals surface area contributed by atoms with E-state index in [0.29, 0.717) is 30.1 Å². The van der Waals surface area contributed by atoms with Crippen LogP contribution in [0.15, 0.2) is 36.4 Å². The maximum Gasteiger partial charge on any atom is 0.227 e. The van der Waals surface area contributed by atoms with Gasteiger partial charge in [0.25, 0.3) is 0 Å². The molecule has 0 atom stereocenters. The van der Waals surface area contributed by atoms with Crippen LogP contribution in [0.2, 0.25) is 0 Å². The van der Waals surface area contributed by atoms with Crippen LogP contribution in [-0.2, 0) is 11.4 Å². The number of halogens is 3. The number of benzene rings is 2. The molecule has 0 aliphatic carbocycles. The van der Waals surface area contributed by atoms with Gasteiger partial charge in [-0.1, -0.05) is 6.07 Å². The van der Waals surface area contributed by atoms with Crippen LogP contribution in [0.25, 0.3) is 0 Å². The first kappa shape index (κ1) is 18.0. The fourth-order valence-electron chi connectivity index (χ4n) is 2.58. The number of rotatable bonds is 4. The molecule has 1 fully saturated rings. The number of hydrogen-bond acceptors (Lipinski definition) is 3. The summed E-state index contributed by atoms with van der Waals surface area (Å²) in [5.41, 5.74) is 6.80. The smallest absolute Gasteiger partial charge is 0.227 e. The van der Waals surface area contributed by atoms with Crippen molar-refractivity contribution < 1.29 is 18.3 Å². The van der Waals surface area contributed by atoms with E-state index in [1.807, 2.05) is 0 Å². The van der Waals surface area contributed by atoms with Crippen molar-refractivity contribution in [3.63, 3.8) is 0 Å². The molecule has 3 rings (SSSR count). The normalized spacial score (nSPS) is 13.8. The molecule has 0 unspecified atom stereocenters. The van der Waals surface area contributed by atoms with Gasteiger partial charge in [-0.3, -0.25) is 4.79 Å². The van der Waals surface area contributed by atoms with Crippen LogP contribution in [-0.4, -0.2) is 12.5 Å². The quantitative estimate of drug-likeness (QED) is 0.852.